The third kappa shape index (κ3) is 3.58. The smallest absolute Gasteiger partial charge is 0.123 e. The van der Waals surface area contributed by atoms with Gasteiger partial charge in [0.25, 0.3) is 0 Å². The van der Waals surface area contributed by atoms with Crippen LogP contribution >= 0.6 is 0 Å². The number of aryl methyl sites for hydroxylation is 1. The first-order chi connectivity index (χ1) is 9.60. The summed E-state index contributed by atoms with van der Waals surface area (Å²) in [5.74, 6) is 0.459. The summed E-state index contributed by atoms with van der Waals surface area (Å²) >= 11 is 0. The zero-order chi connectivity index (χ0) is 14.5. The van der Waals surface area contributed by atoms with Crippen LogP contribution in [0.25, 0.3) is 0 Å². The van der Waals surface area contributed by atoms with Gasteiger partial charge >= 0.3 is 0 Å². The van der Waals surface area contributed by atoms with E-state index in [0.717, 1.165) is 22.4 Å². The maximum Gasteiger partial charge on any atom is 0.123 e. The number of halogens is 1. The van der Waals surface area contributed by atoms with Crippen molar-refractivity contribution in [3.05, 3.63) is 65.0 Å². The summed E-state index contributed by atoms with van der Waals surface area (Å²) in [7, 11) is 0. The van der Waals surface area contributed by atoms with Crippen LogP contribution in [-0.4, -0.2) is 11.7 Å². The standard InChI is InChI=1S/C17H19FO2/c1-3-20-16-6-4-5-13(10-16)17(19)11-14-9-15(18)8-7-12(14)2/h4-10,17,19H,3,11H2,1-2H3. The summed E-state index contributed by atoms with van der Waals surface area (Å²) in [6, 6.07) is 12.0. The summed E-state index contributed by atoms with van der Waals surface area (Å²) in [6.07, 6.45) is -0.282. The number of aliphatic hydroxyl groups is 1. The summed E-state index contributed by atoms with van der Waals surface area (Å²) in [5.41, 5.74) is 2.57. The van der Waals surface area contributed by atoms with Gasteiger partial charge in [0.05, 0.1) is 12.7 Å². The first-order valence-corrected chi connectivity index (χ1v) is 6.76. The molecule has 0 amide bonds. The molecule has 106 valence electrons. The lowest BCUT2D eigenvalue weighted by atomic mass is 9.98. The van der Waals surface area contributed by atoms with Gasteiger partial charge in [-0.1, -0.05) is 18.2 Å². The molecule has 0 aliphatic rings. The molecule has 2 rings (SSSR count). The molecule has 2 aromatic rings. The van der Waals surface area contributed by atoms with Gasteiger partial charge in [0.15, 0.2) is 0 Å². The Morgan fingerprint density at radius 1 is 1.20 bits per heavy atom. The topological polar surface area (TPSA) is 29.5 Å². The third-order valence-corrected chi connectivity index (χ3v) is 3.28. The van der Waals surface area contributed by atoms with E-state index in [1.165, 1.54) is 12.1 Å². The van der Waals surface area contributed by atoms with Crippen LogP contribution in [0.5, 0.6) is 5.75 Å². The van der Waals surface area contributed by atoms with Crippen LogP contribution in [0.1, 0.15) is 29.7 Å². The van der Waals surface area contributed by atoms with Gasteiger partial charge in [-0.25, -0.2) is 4.39 Å². The zero-order valence-electron chi connectivity index (χ0n) is 11.8. The fourth-order valence-corrected chi connectivity index (χ4v) is 2.16. The van der Waals surface area contributed by atoms with E-state index in [9.17, 15) is 9.50 Å². The minimum atomic E-state index is -0.670. The zero-order valence-corrected chi connectivity index (χ0v) is 11.8. The van der Waals surface area contributed by atoms with Gasteiger partial charge in [0.1, 0.15) is 11.6 Å². The molecule has 1 unspecified atom stereocenters. The van der Waals surface area contributed by atoms with Crippen molar-refractivity contribution in [1.29, 1.82) is 0 Å². The molecule has 3 heteroatoms. The molecule has 0 spiro atoms. The van der Waals surface area contributed by atoms with Crippen LogP contribution in [0.4, 0.5) is 4.39 Å². The maximum absolute atomic E-state index is 13.3. The van der Waals surface area contributed by atoms with Crippen LogP contribution in [-0.2, 0) is 6.42 Å². The second-order valence-corrected chi connectivity index (χ2v) is 4.80. The molecule has 0 fully saturated rings. The minimum Gasteiger partial charge on any atom is -0.494 e. The minimum absolute atomic E-state index is 0.277. The number of aliphatic hydroxyl groups excluding tert-OH is 1. The van der Waals surface area contributed by atoms with Crippen molar-refractivity contribution in [2.75, 3.05) is 6.61 Å². The van der Waals surface area contributed by atoms with Crippen molar-refractivity contribution in [2.24, 2.45) is 0 Å². The van der Waals surface area contributed by atoms with E-state index in [-0.39, 0.29) is 5.82 Å². The van der Waals surface area contributed by atoms with Crippen LogP contribution in [0.3, 0.4) is 0 Å². The first-order valence-electron chi connectivity index (χ1n) is 6.76. The number of hydrogen-bond acceptors (Lipinski definition) is 2. The molecule has 1 atom stereocenters. The Balaban J connectivity index is 2.17. The highest BCUT2D eigenvalue weighted by Crippen LogP contribution is 2.24. The molecular weight excluding hydrogens is 255 g/mol. The summed E-state index contributed by atoms with van der Waals surface area (Å²) < 4.78 is 18.7. The van der Waals surface area contributed by atoms with Gasteiger partial charge in [-0.15, -0.1) is 0 Å². The van der Waals surface area contributed by atoms with Crippen molar-refractivity contribution in [2.45, 2.75) is 26.4 Å². The van der Waals surface area contributed by atoms with Gasteiger partial charge in [-0.05, 0) is 54.8 Å². The number of hydrogen-bond donors (Lipinski definition) is 1. The molecule has 0 saturated heterocycles. The normalized spacial score (nSPS) is 12.2. The Morgan fingerprint density at radius 3 is 2.75 bits per heavy atom. The Morgan fingerprint density at radius 2 is 2.00 bits per heavy atom. The van der Waals surface area contributed by atoms with Crippen LogP contribution in [0.15, 0.2) is 42.5 Å². The summed E-state index contributed by atoms with van der Waals surface area (Å²) in [6.45, 7) is 4.42. The van der Waals surface area contributed by atoms with Crippen molar-refractivity contribution in [3.63, 3.8) is 0 Å². The van der Waals surface area contributed by atoms with E-state index >= 15 is 0 Å². The molecule has 2 nitrogen and oxygen atoms in total. The van der Waals surface area contributed by atoms with Gasteiger partial charge < -0.3 is 9.84 Å². The molecule has 2 aromatic carbocycles. The largest absolute Gasteiger partial charge is 0.494 e. The van der Waals surface area contributed by atoms with E-state index in [2.05, 4.69) is 0 Å². The lowest BCUT2D eigenvalue weighted by Crippen LogP contribution is -2.04. The Bertz CT molecular complexity index is 581. The average Bonchev–Trinajstić information content (AvgIpc) is 2.43. The van der Waals surface area contributed by atoms with Crippen molar-refractivity contribution in [3.8, 4) is 5.75 Å². The molecule has 0 bridgehead atoms. The quantitative estimate of drug-likeness (QED) is 0.898. The highest BCUT2D eigenvalue weighted by atomic mass is 19.1. The maximum atomic E-state index is 13.3. The molecule has 0 heterocycles. The Hall–Kier alpha value is -1.87. The molecule has 0 aromatic heterocycles. The van der Waals surface area contributed by atoms with Crippen LogP contribution < -0.4 is 4.74 Å². The van der Waals surface area contributed by atoms with Gasteiger partial charge in [0, 0.05) is 6.42 Å². The summed E-state index contributed by atoms with van der Waals surface area (Å²) in [5, 5.41) is 10.3. The highest BCUT2D eigenvalue weighted by molar-refractivity contribution is 5.33. The molecule has 1 N–H and O–H groups in total. The predicted molar refractivity (Wildman–Crippen MR) is 77.4 cm³/mol. The van der Waals surface area contributed by atoms with Gasteiger partial charge in [-0.2, -0.15) is 0 Å². The fourth-order valence-electron chi connectivity index (χ4n) is 2.16. The summed E-state index contributed by atoms with van der Waals surface area (Å²) in [4.78, 5) is 0. The first kappa shape index (κ1) is 14.5. The number of benzene rings is 2. The van der Waals surface area contributed by atoms with Crippen molar-refractivity contribution >= 4 is 0 Å². The van der Waals surface area contributed by atoms with Crippen molar-refractivity contribution < 1.29 is 14.2 Å². The third-order valence-electron chi connectivity index (χ3n) is 3.28. The molecular formula is C17H19FO2. The average molecular weight is 274 g/mol. The second kappa shape index (κ2) is 6.53. The number of ether oxygens (including phenoxy) is 1. The molecule has 20 heavy (non-hydrogen) atoms. The van der Waals surface area contributed by atoms with Crippen molar-refractivity contribution in [1.82, 2.24) is 0 Å². The highest BCUT2D eigenvalue weighted by Gasteiger charge is 2.11. The molecule has 0 aliphatic heterocycles. The second-order valence-electron chi connectivity index (χ2n) is 4.80. The monoisotopic (exact) mass is 274 g/mol. The number of rotatable bonds is 5. The SMILES string of the molecule is CCOc1cccc(C(O)Cc2cc(F)ccc2C)c1. The molecule has 0 radical (unpaired) electrons. The predicted octanol–water partition coefficient (Wildman–Crippen LogP) is 3.81. The van der Waals surface area contributed by atoms with E-state index in [0.29, 0.717) is 13.0 Å². The van der Waals surface area contributed by atoms with E-state index in [1.54, 1.807) is 6.07 Å². The van der Waals surface area contributed by atoms with E-state index in [4.69, 9.17) is 4.74 Å². The van der Waals surface area contributed by atoms with Gasteiger partial charge in [0.2, 0.25) is 0 Å². The lowest BCUT2D eigenvalue weighted by molar-refractivity contribution is 0.177. The molecule has 0 saturated carbocycles. The molecule has 0 aliphatic carbocycles. The lowest BCUT2D eigenvalue weighted by Gasteiger charge is -2.14. The van der Waals surface area contributed by atoms with E-state index in [1.807, 2.05) is 38.1 Å². The fraction of sp³-hybridized carbons (Fsp3) is 0.294. The van der Waals surface area contributed by atoms with Gasteiger partial charge in [-0.3, -0.25) is 0 Å². The Kier molecular flexibility index (Phi) is 4.74. The Labute approximate surface area is 118 Å². The van der Waals surface area contributed by atoms with Crippen LogP contribution in [0.2, 0.25) is 0 Å². The van der Waals surface area contributed by atoms with E-state index < -0.39 is 6.10 Å². The van der Waals surface area contributed by atoms with Crippen LogP contribution in [0, 0.1) is 12.7 Å².